The molecule has 4 saturated carbocycles. The van der Waals surface area contributed by atoms with Gasteiger partial charge < -0.3 is 10.6 Å². The minimum absolute atomic E-state index is 0.0163. The first-order chi connectivity index (χ1) is 19.1. The van der Waals surface area contributed by atoms with Crippen molar-refractivity contribution >= 4 is 54.7 Å². The second-order valence-corrected chi connectivity index (χ2v) is 14.9. The first-order valence-electron chi connectivity index (χ1n) is 13.2. The number of aromatic nitrogens is 2. The quantitative estimate of drug-likeness (QED) is 0.279. The van der Waals surface area contributed by atoms with Crippen molar-refractivity contribution in [2.75, 3.05) is 15.4 Å². The largest absolute Gasteiger partial charge is 0.332 e. The molecule has 1 heterocycles. The summed E-state index contributed by atoms with van der Waals surface area (Å²) in [5, 5.41) is 6.30. The molecule has 0 amide bonds. The van der Waals surface area contributed by atoms with Crippen LogP contribution < -0.4 is 20.1 Å². The average molecular weight is 599 g/mol. The molecule has 7 rings (SSSR count). The molecule has 4 aliphatic rings. The Morgan fingerprint density at radius 2 is 1.18 bits per heavy atom. The Morgan fingerprint density at radius 1 is 0.725 bits per heavy atom. The van der Waals surface area contributed by atoms with Crippen molar-refractivity contribution in [3.8, 4) is 0 Å². The number of nitrogens with zero attached hydrogens (tertiary/aromatic N) is 2. The molecular formula is C27H30N6O4S3. The molecule has 10 nitrogen and oxygen atoms in total. The van der Waals surface area contributed by atoms with E-state index in [2.05, 4.69) is 30.0 Å². The van der Waals surface area contributed by atoms with Gasteiger partial charge in [-0.3, -0.25) is 0 Å². The standard InChI is InChI=1S/C27H30N6O4S3/c34-39(35,32-25-28-10-1-11-29-25)23-6-2-21(3-7-23)30-26(38)31-22-4-8-24(9-5-22)40(36,37)33-27-15-18-12-19(16-27)14-20(13-18)17-27/h1-11,18-20,33H,12-17H2,(H,28,29,32)(H2,30,31,38). The summed E-state index contributed by atoms with van der Waals surface area (Å²) >= 11 is 5.39. The van der Waals surface area contributed by atoms with Crippen molar-refractivity contribution in [3.05, 3.63) is 67.0 Å². The Labute approximate surface area is 239 Å². The lowest BCUT2D eigenvalue weighted by atomic mass is 9.53. The number of sulfonamides is 2. The molecular weight excluding hydrogens is 569 g/mol. The van der Waals surface area contributed by atoms with E-state index >= 15 is 0 Å². The number of thiocarbonyl (C=S) groups is 1. The average Bonchev–Trinajstić information content (AvgIpc) is 2.88. The molecule has 0 atom stereocenters. The second kappa shape index (κ2) is 10.4. The number of rotatable bonds is 8. The molecule has 210 valence electrons. The third-order valence-corrected chi connectivity index (χ3v) is 11.2. The molecule has 40 heavy (non-hydrogen) atoms. The summed E-state index contributed by atoms with van der Waals surface area (Å²) in [4.78, 5) is 8.02. The highest BCUT2D eigenvalue weighted by molar-refractivity contribution is 7.92. The fraction of sp³-hybridized carbons (Fsp3) is 0.370. The highest BCUT2D eigenvalue weighted by Crippen LogP contribution is 2.56. The molecule has 1 aromatic heterocycles. The zero-order valence-electron chi connectivity index (χ0n) is 21.6. The minimum atomic E-state index is -3.84. The smallest absolute Gasteiger partial charge is 0.264 e. The van der Waals surface area contributed by atoms with Crippen LogP contribution in [0.1, 0.15) is 38.5 Å². The Bertz CT molecular complexity index is 1580. The monoisotopic (exact) mass is 598 g/mol. The van der Waals surface area contributed by atoms with Crippen LogP contribution in [0.2, 0.25) is 0 Å². The van der Waals surface area contributed by atoms with Gasteiger partial charge in [-0.15, -0.1) is 0 Å². The Morgan fingerprint density at radius 3 is 1.65 bits per heavy atom. The van der Waals surface area contributed by atoms with Crippen molar-refractivity contribution in [2.45, 2.75) is 53.9 Å². The zero-order chi connectivity index (χ0) is 28.0. The number of hydrogen-bond acceptors (Lipinski definition) is 7. The van der Waals surface area contributed by atoms with Gasteiger partial charge in [-0.25, -0.2) is 36.2 Å². The predicted molar refractivity (Wildman–Crippen MR) is 157 cm³/mol. The van der Waals surface area contributed by atoms with Gasteiger partial charge in [0.1, 0.15) is 0 Å². The number of hydrogen-bond donors (Lipinski definition) is 4. The molecule has 4 fully saturated rings. The van der Waals surface area contributed by atoms with Crippen molar-refractivity contribution in [1.29, 1.82) is 0 Å². The van der Waals surface area contributed by atoms with Gasteiger partial charge in [0.15, 0.2) is 5.11 Å². The van der Waals surface area contributed by atoms with Crippen molar-refractivity contribution < 1.29 is 16.8 Å². The molecule has 0 unspecified atom stereocenters. The van der Waals surface area contributed by atoms with Gasteiger partial charge in [-0.2, -0.15) is 0 Å². The summed E-state index contributed by atoms with van der Waals surface area (Å²) in [6.07, 6.45) is 9.48. The van der Waals surface area contributed by atoms with Gasteiger partial charge in [-0.1, -0.05) is 0 Å². The van der Waals surface area contributed by atoms with Gasteiger partial charge in [0.05, 0.1) is 9.79 Å². The molecule has 0 aliphatic heterocycles. The van der Waals surface area contributed by atoms with Gasteiger partial charge in [-0.05, 0) is 123 Å². The molecule has 0 saturated heterocycles. The first-order valence-corrected chi connectivity index (χ1v) is 16.6. The van der Waals surface area contributed by atoms with Crippen molar-refractivity contribution in [1.82, 2.24) is 14.7 Å². The minimum Gasteiger partial charge on any atom is -0.332 e. The highest BCUT2D eigenvalue weighted by atomic mass is 32.2. The van der Waals surface area contributed by atoms with E-state index in [9.17, 15) is 16.8 Å². The highest BCUT2D eigenvalue weighted by Gasteiger charge is 2.52. The zero-order valence-corrected chi connectivity index (χ0v) is 24.0. The van der Waals surface area contributed by atoms with E-state index in [1.165, 1.54) is 43.8 Å². The Kier molecular flexibility index (Phi) is 7.01. The molecule has 0 spiro atoms. The van der Waals surface area contributed by atoms with E-state index < -0.39 is 20.0 Å². The van der Waals surface area contributed by atoms with Crippen LogP contribution in [0.5, 0.6) is 0 Å². The third kappa shape index (κ3) is 5.82. The van der Waals surface area contributed by atoms with Crippen LogP contribution in [0.25, 0.3) is 0 Å². The molecule has 13 heteroatoms. The summed E-state index contributed by atoms with van der Waals surface area (Å²) in [6.45, 7) is 0. The van der Waals surface area contributed by atoms with E-state index in [0.717, 1.165) is 19.3 Å². The van der Waals surface area contributed by atoms with Gasteiger partial charge in [0, 0.05) is 29.3 Å². The molecule has 0 radical (unpaired) electrons. The maximum Gasteiger partial charge on any atom is 0.264 e. The van der Waals surface area contributed by atoms with Crippen LogP contribution in [0.4, 0.5) is 17.3 Å². The first kappa shape index (κ1) is 27.1. The van der Waals surface area contributed by atoms with Gasteiger partial charge in [0.2, 0.25) is 16.0 Å². The van der Waals surface area contributed by atoms with Crippen LogP contribution in [-0.4, -0.2) is 37.5 Å². The number of nitrogens with one attached hydrogen (secondary N) is 4. The van der Waals surface area contributed by atoms with Gasteiger partial charge >= 0.3 is 0 Å². The number of anilines is 3. The van der Waals surface area contributed by atoms with Crippen LogP contribution in [0.15, 0.2) is 76.8 Å². The maximum absolute atomic E-state index is 13.3. The van der Waals surface area contributed by atoms with Crippen molar-refractivity contribution in [3.63, 3.8) is 0 Å². The molecule has 3 aromatic rings. The van der Waals surface area contributed by atoms with Gasteiger partial charge in [0.25, 0.3) is 10.0 Å². The fourth-order valence-electron chi connectivity index (χ4n) is 6.84. The summed E-state index contributed by atoms with van der Waals surface area (Å²) in [6, 6.07) is 14.1. The SMILES string of the molecule is O=S(=O)(Nc1ncccn1)c1ccc(NC(=S)Nc2ccc(S(=O)(=O)NC34CC5CC(CC(C5)C3)C4)cc2)cc1. The van der Waals surface area contributed by atoms with E-state index in [-0.39, 0.29) is 26.4 Å². The summed E-state index contributed by atoms with van der Waals surface area (Å²) < 4.78 is 57.1. The summed E-state index contributed by atoms with van der Waals surface area (Å²) in [5.41, 5.74) is 0.903. The summed E-state index contributed by atoms with van der Waals surface area (Å²) in [5.74, 6) is 1.93. The lowest BCUT2D eigenvalue weighted by Gasteiger charge is -2.56. The molecule has 4 N–H and O–H groups in total. The Balaban J connectivity index is 1.05. The van der Waals surface area contributed by atoms with Crippen LogP contribution in [-0.2, 0) is 20.0 Å². The molecule has 4 aliphatic carbocycles. The lowest BCUT2D eigenvalue weighted by molar-refractivity contribution is -0.00810. The van der Waals surface area contributed by atoms with Crippen molar-refractivity contribution in [2.24, 2.45) is 17.8 Å². The molecule has 4 bridgehead atoms. The maximum atomic E-state index is 13.3. The van der Waals surface area contributed by atoms with E-state index in [1.54, 1.807) is 42.5 Å². The van der Waals surface area contributed by atoms with E-state index in [1.807, 2.05) is 0 Å². The van der Waals surface area contributed by atoms with Crippen LogP contribution >= 0.6 is 12.2 Å². The normalized spacial score (nSPS) is 25.4. The van der Waals surface area contributed by atoms with Crippen LogP contribution in [0.3, 0.4) is 0 Å². The fourth-order valence-corrected chi connectivity index (χ4v) is 9.46. The lowest BCUT2D eigenvalue weighted by Crippen LogP contribution is -2.59. The second-order valence-electron chi connectivity index (χ2n) is 11.1. The number of benzene rings is 2. The topological polar surface area (TPSA) is 142 Å². The third-order valence-electron chi connectivity index (χ3n) is 8.03. The molecule has 2 aromatic carbocycles. The summed E-state index contributed by atoms with van der Waals surface area (Å²) in [7, 11) is -7.49. The van der Waals surface area contributed by atoms with E-state index in [0.29, 0.717) is 29.1 Å². The Hall–Kier alpha value is -3.13. The van der Waals surface area contributed by atoms with E-state index in [4.69, 9.17) is 12.2 Å². The predicted octanol–water partition coefficient (Wildman–Crippen LogP) is 4.33. The van der Waals surface area contributed by atoms with Crippen LogP contribution in [0, 0.1) is 17.8 Å².